The van der Waals surface area contributed by atoms with Crippen molar-refractivity contribution in [2.24, 2.45) is 0 Å². The van der Waals surface area contributed by atoms with Crippen LogP contribution in [0.3, 0.4) is 0 Å². The van der Waals surface area contributed by atoms with Crippen LogP contribution in [0.5, 0.6) is 0 Å². The van der Waals surface area contributed by atoms with E-state index in [0.717, 1.165) is 53.1 Å². The monoisotopic (exact) mass is 649 g/mol. The van der Waals surface area contributed by atoms with E-state index < -0.39 is 56.4 Å². The van der Waals surface area contributed by atoms with Crippen molar-refractivity contribution >= 4 is 15.8 Å². The SMILES string of the molecule is COC(=O)CS(=O)(=O)c1cc(-c2ccc(CN(Cc3ccc(C(F)(F)F)o3)Cc3c(C)cc(C)cc3C)cc2)cc(F)c1CF. The lowest BCUT2D eigenvalue weighted by Gasteiger charge is -2.24. The van der Waals surface area contributed by atoms with E-state index in [1.54, 1.807) is 24.3 Å². The number of carbonyl (C=O) groups excluding carboxylic acids is 1. The number of benzene rings is 3. The highest BCUT2D eigenvalue weighted by atomic mass is 32.2. The molecule has 12 heteroatoms. The van der Waals surface area contributed by atoms with Gasteiger partial charge < -0.3 is 9.15 Å². The zero-order valence-corrected chi connectivity index (χ0v) is 25.9. The molecule has 0 spiro atoms. The quantitative estimate of drug-likeness (QED) is 0.123. The van der Waals surface area contributed by atoms with Gasteiger partial charge in [0.25, 0.3) is 0 Å². The second-order valence-electron chi connectivity index (χ2n) is 10.9. The average Bonchev–Trinajstić information content (AvgIpc) is 3.44. The average molecular weight is 650 g/mol. The van der Waals surface area contributed by atoms with Crippen LogP contribution in [0.1, 0.15) is 44.9 Å². The number of rotatable bonds is 11. The standard InChI is InChI=1S/C33H32F5NO5S/c1-20-11-21(2)28(22(3)12-20)18-39(17-26-9-10-31(44-26)33(36,37)38)16-23-5-7-24(8-6-23)25-13-29(35)27(15-34)30(14-25)45(41,42)19-32(40)43-4/h5-14H,15-19H2,1-4H3. The molecule has 1 heterocycles. The Kier molecular flexibility index (Phi) is 10.2. The molecule has 0 bridgehead atoms. The predicted molar refractivity (Wildman–Crippen MR) is 158 cm³/mol. The number of sulfone groups is 1. The number of alkyl halides is 4. The van der Waals surface area contributed by atoms with Crippen LogP contribution in [0.4, 0.5) is 22.0 Å². The summed E-state index contributed by atoms with van der Waals surface area (Å²) in [5, 5.41) is 0. The number of carbonyl (C=O) groups is 1. The first-order valence-electron chi connectivity index (χ1n) is 13.8. The Hall–Kier alpha value is -4.03. The number of halogens is 5. The third-order valence-electron chi connectivity index (χ3n) is 7.39. The number of nitrogens with zero attached hydrogens (tertiary/aromatic N) is 1. The maximum atomic E-state index is 14.9. The van der Waals surface area contributed by atoms with Gasteiger partial charge in [0.2, 0.25) is 5.76 Å². The normalized spacial score (nSPS) is 12.1. The van der Waals surface area contributed by atoms with Gasteiger partial charge in [-0.25, -0.2) is 17.2 Å². The van der Waals surface area contributed by atoms with Crippen LogP contribution in [-0.4, -0.2) is 32.1 Å². The number of esters is 1. The summed E-state index contributed by atoms with van der Waals surface area (Å²) in [6.07, 6.45) is -4.61. The third kappa shape index (κ3) is 8.17. The molecule has 45 heavy (non-hydrogen) atoms. The second kappa shape index (κ2) is 13.5. The molecule has 4 rings (SSSR count). The topological polar surface area (TPSA) is 76.8 Å². The summed E-state index contributed by atoms with van der Waals surface area (Å²) in [7, 11) is -3.40. The molecule has 0 radical (unpaired) electrons. The zero-order valence-electron chi connectivity index (χ0n) is 25.1. The lowest BCUT2D eigenvalue weighted by Crippen LogP contribution is -2.23. The lowest BCUT2D eigenvalue weighted by molar-refractivity contribution is -0.153. The van der Waals surface area contributed by atoms with Crippen molar-refractivity contribution in [3.8, 4) is 11.1 Å². The molecule has 240 valence electrons. The minimum atomic E-state index is -4.61. The highest BCUT2D eigenvalue weighted by Gasteiger charge is 2.35. The fourth-order valence-corrected chi connectivity index (χ4v) is 6.64. The fraction of sp³-hybridized carbons (Fsp3) is 0.303. The third-order valence-corrected chi connectivity index (χ3v) is 9.04. The Labute approximate surface area is 258 Å². The maximum absolute atomic E-state index is 14.9. The maximum Gasteiger partial charge on any atom is 0.449 e. The highest BCUT2D eigenvalue weighted by molar-refractivity contribution is 7.92. The van der Waals surface area contributed by atoms with Crippen molar-refractivity contribution in [2.45, 2.75) is 58.2 Å². The fourth-order valence-electron chi connectivity index (χ4n) is 5.22. The van der Waals surface area contributed by atoms with Crippen LogP contribution in [0.25, 0.3) is 11.1 Å². The van der Waals surface area contributed by atoms with Crippen LogP contribution < -0.4 is 0 Å². The molecule has 0 aliphatic rings. The summed E-state index contributed by atoms with van der Waals surface area (Å²) >= 11 is 0. The van der Waals surface area contributed by atoms with E-state index >= 15 is 0 Å². The van der Waals surface area contributed by atoms with Crippen LogP contribution in [0.2, 0.25) is 0 Å². The van der Waals surface area contributed by atoms with Crippen molar-refractivity contribution in [3.05, 3.63) is 111 Å². The van der Waals surface area contributed by atoms with E-state index in [2.05, 4.69) is 4.74 Å². The molecule has 0 N–H and O–H groups in total. The summed E-state index contributed by atoms with van der Waals surface area (Å²) in [4.78, 5) is 12.9. The Morgan fingerprint density at radius 3 is 2.07 bits per heavy atom. The van der Waals surface area contributed by atoms with Crippen LogP contribution in [0.15, 0.2) is 70.0 Å². The van der Waals surface area contributed by atoms with Crippen LogP contribution >= 0.6 is 0 Å². The number of hydrogen-bond acceptors (Lipinski definition) is 6. The van der Waals surface area contributed by atoms with Gasteiger partial charge in [0.15, 0.2) is 15.6 Å². The lowest BCUT2D eigenvalue weighted by atomic mass is 9.99. The highest BCUT2D eigenvalue weighted by Crippen LogP contribution is 2.32. The van der Waals surface area contributed by atoms with Gasteiger partial charge in [-0.2, -0.15) is 13.2 Å². The van der Waals surface area contributed by atoms with Gasteiger partial charge in [0.1, 0.15) is 18.3 Å². The minimum Gasteiger partial charge on any atom is -0.468 e. The van der Waals surface area contributed by atoms with E-state index in [0.29, 0.717) is 18.7 Å². The molecule has 3 aromatic carbocycles. The Morgan fingerprint density at radius 1 is 0.867 bits per heavy atom. The zero-order chi connectivity index (χ0) is 33.1. The van der Waals surface area contributed by atoms with Gasteiger partial charge in [-0.05, 0) is 78.4 Å². The first-order valence-corrected chi connectivity index (χ1v) is 15.5. The van der Waals surface area contributed by atoms with E-state index in [-0.39, 0.29) is 17.9 Å². The van der Waals surface area contributed by atoms with Gasteiger partial charge >= 0.3 is 12.1 Å². The first kappa shape index (κ1) is 33.9. The number of methoxy groups -OCH3 is 1. The van der Waals surface area contributed by atoms with Gasteiger partial charge in [-0.15, -0.1) is 0 Å². The number of furan rings is 1. The van der Waals surface area contributed by atoms with Gasteiger partial charge in [0.05, 0.1) is 18.6 Å². The van der Waals surface area contributed by atoms with Crippen molar-refractivity contribution < 1.29 is 44.3 Å². The molecule has 4 aromatic rings. The van der Waals surface area contributed by atoms with Gasteiger partial charge in [0, 0.05) is 18.7 Å². The predicted octanol–water partition coefficient (Wildman–Crippen LogP) is 7.65. The van der Waals surface area contributed by atoms with Crippen LogP contribution in [-0.2, 0) is 51.9 Å². The van der Waals surface area contributed by atoms with E-state index in [1.165, 1.54) is 6.07 Å². The molecule has 0 atom stereocenters. The molecule has 0 aliphatic heterocycles. The Balaban J connectivity index is 1.65. The number of hydrogen-bond donors (Lipinski definition) is 0. The van der Waals surface area contributed by atoms with Gasteiger partial charge in [-0.1, -0.05) is 42.0 Å². The largest absolute Gasteiger partial charge is 0.468 e. The van der Waals surface area contributed by atoms with E-state index in [4.69, 9.17) is 4.42 Å². The van der Waals surface area contributed by atoms with Crippen molar-refractivity contribution in [1.29, 1.82) is 0 Å². The second-order valence-corrected chi connectivity index (χ2v) is 12.8. The van der Waals surface area contributed by atoms with Crippen molar-refractivity contribution in [1.82, 2.24) is 4.90 Å². The Morgan fingerprint density at radius 2 is 1.51 bits per heavy atom. The number of ether oxygens (including phenoxy) is 1. The van der Waals surface area contributed by atoms with Crippen molar-refractivity contribution in [3.63, 3.8) is 0 Å². The summed E-state index contributed by atoms with van der Waals surface area (Å²) in [5.74, 6) is -4.16. The molecule has 0 aliphatic carbocycles. The summed E-state index contributed by atoms with van der Waals surface area (Å²) < 4.78 is 103. The van der Waals surface area contributed by atoms with E-state index in [9.17, 15) is 35.2 Å². The molecular weight excluding hydrogens is 617 g/mol. The molecule has 1 aromatic heterocycles. The minimum absolute atomic E-state index is 0.0852. The van der Waals surface area contributed by atoms with Crippen LogP contribution in [0, 0.1) is 26.6 Å². The molecule has 0 amide bonds. The molecule has 6 nitrogen and oxygen atoms in total. The first-order chi connectivity index (χ1) is 21.1. The summed E-state index contributed by atoms with van der Waals surface area (Å²) in [6.45, 7) is 5.35. The summed E-state index contributed by atoms with van der Waals surface area (Å²) in [5.41, 5.74) is 4.87. The van der Waals surface area contributed by atoms with Gasteiger partial charge in [-0.3, -0.25) is 9.69 Å². The van der Waals surface area contributed by atoms with Crippen molar-refractivity contribution in [2.75, 3.05) is 12.9 Å². The molecule has 0 unspecified atom stereocenters. The molecule has 0 saturated carbocycles. The molecular formula is C33H32F5NO5S. The molecule has 0 fully saturated rings. The summed E-state index contributed by atoms with van der Waals surface area (Å²) in [6, 6.07) is 15.1. The smallest absolute Gasteiger partial charge is 0.449 e. The van der Waals surface area contributed by atoms with E-state index in [1.807, 2.05) is 37.8 Å². The Bertz CT molecular complexity index is 1770. The molecule has 0 saturated heterocycles. The number of aryl methyl sites for hydroxylation is 3.